The first-order valence-electron chi connectivity index (χ1n) is 9.70. The zero-order chi connectivity index (χ0) is 17.8. The molecule has 0 saturated carbocycles. The molecule has 0 spiro atoms. The van der Waals surface area contributed by atoms with Gasteiger partial charge in [-0.05, 0) is 57.0 Å². The topological polar surface area (TPSA) is 48.4 Å². The number of aryl methyl sites for hydroxylation is 1. The molecule has 1 aliphatic carbocycles. The molecule has 6 heteroatoms. The lowest BCUT2D eigenvalue weighted by molar-refractivity contribution is -0.0746. The molecular formula is C20H28N6. The van der Waals surface area contributed by atoms with E-state index in [2.05, 4.69) is 44.1 Å². The van der Waals surface area contributed by atoms with E-state index in [0.717, 1.165) is 51.3 Å². The summed E-state index contributed by atoms with van der Waals surface area (Å²) in [5.41, 5.74) is 3.73. The monoisotopic (exact) mass is 352 g/mol. The number of hydrogen-bond acceptors (Lipinski definition) is 6. The zero-order valence-electron chi connectivity index (χ0n) is 15.6. The number of hydrogen-bond donors (Lipinski definition) is 0. The van der Waals surface area contributed by atoms with Crippen LogP contribution in [-0.4, -0.2) is 63.1 Å². The van der Waals surface area contributed by atoms with Gasteiger partial charge in [0.25, 0.3) is 0 Å². The molecule has 4 rings (SSSR count). The molecule has 0 amide bonds. The predicted molar refractivity (Wildman–Crippen MR) is 101 cm³/mol. The van der Waals surface area contributed by atoms with Gasteiger partial charge in [0.1, 0.15) is 6.33 Å². The number of pyridine rings is 1. The van der Waals surface area contributed by atoms with Crippen LogP contribution in [0.25, 0.3) is 0 Å². The van der Waals surface area contributed by atoms with Crippen molar-refractivity contribution < 1.29 is 0 Å². The van der Waals surface area contributed by atoms with Gasteiger partial charge in [0.2, 0.25) is 0 Å². The minimum absolute atomic E-state index is 0.332. The van der Waals surface area contributed by atoms with Gasteiger partial charge in [0, 0.05) is 32.0 Å². The van der Waals surface area contributed by atoms with Crippen LogP contribution in [0.2, 0.25) is 0 Å². The third-order valence-corrected chi connectivity index (χ3v) is 5.55. The van der Waals surface area contributed by atoms with Gasteiger partial charge in [-0.25, -0.2) is 20.0 Å². The standard InChI is InChI=1S/C20H28N6/c1-24-11-4-12-25(14-13-24)26(15-18-8-10-21-16-23-18)19-7-2-5-17-6-3-9-22-20(17)19/h3,6,8-10,16,19H,2,4-5,7,11-15H2,1H3. The van der Waals surface area contributed by atoms with Gasteiger partial charge >= 0.3 is 0 Å². The van der Waals surface area contributed by atoms with Crippen LogP contribution >= 0.6 is 0 Å². The van der Waals surface area contributed by atoms with Crippen LogP contribution in [0.5, 0.6) is 0 Å². The number of likely N-dealkylation sites (N-methyl/N-ethyl adjacent to an activating group) is 1. The van der Waals surface area contributed by atoms with Gasteiger partial charge in [-0.3, -0.25) is 4.98 Å². The van der Waals surface area contributed by atoms with Crippen LogP contribution in [0.15, 0.2) is 36.9 Å². The summed E-state index contributed by atoms with van der Waals surface area (Å²) in [5.74, 6) is 0. The molecule has 6 nitrogen and oxygen atoms in total. The van der Waals surface area contributed by atoms with Gasteiger partial charge in [-0.15, -0.1) is 0 Å². The van der Waals surface area contributed by atoms with Crippen LogP contribution in [0.1, 0.15) is 42.3 Å². The Balaban J connectivity index is 1.64. The smallest absolute Gasteiger partial charge is 0.115 e. The second-order valence-electron chi connectivity index (χ2n) is 7.36. The first-order chi connectivity index (χ1) is 12.8. The molecular weight excluding hydrogens is 324 g/mol. The van der Waals surface area contributed by atoms with Crippen LogP contribution < -0.4 is 0 Å². The molecule has 2 aromatic rings. The maximum Gasteiger partial charge on any atom is 0.115 e. The molecule has 1 unspecified atom stereocenters. The minimum atomic E-state index is 0.332. The van der Waals surface area contributed by atoms with E-state index < -0.39 is 0 Å². The maximum absolute atomic E-state index is 4.78. The van der Waals surface area contributed by atoms with Gasteiger partial charge in [-0.2, -0.15) is 0 Å². The van der Waals surface area contributed by atoms with Crippen molar-refractivity contribution in [1.82, 2.24) is 29.9 Å². The van der Waals surface area contributed by atoms with Crippen LogP contribution in [-0.2, 0) is 13.0 Å². The summed E-state index contributed by atoms with van der Waals surface area (Å²) in [5, 5.41) is 5.08. The third kappa shape index (κ3) is 3.92. The highest BCUT2D eigenvalue weighted by Crippen LogP contribution is 2.34. The maximum atomic E-state index is 4.78. The number of rotatable bonds is 4. The Hall–Kier alpha value is -1.89. The van der Waals surface area contributed by atoms with Gasteiger partial charge in [-0.1, -0.05) is 6.07 Å². The highest BCUT2D eigenvalue weighted by Gasteiger charge is 2.31. The molecule has 1 saturated heterocycles. The van der Waals surface area contributed by atoms with Gasteiger partial charge in [0.05, 0.1) is 24.0 Å². The van der Waals surface area contributed by atoms with Crippen LogP contribution in [0.3, 0.4) is 0 Å². The molecule has 1 atom stereocenters. The molecule has 26 heavy (non-hydrogen) atoms. The van der Waals surface area contributed by atoms with E-state index in [4.69, 9.17) is 4.98 Å². The second kappa shape index (κ2) is 8.20. The summed E-state index contributed by atoms with van der Waals surface area (Å²) in [7, 11) is 2.22. The minimum Gasteiger partial charge on any atom is -0.305 e. The first-order valence-corrected chi connectivity index (χ1v) is 9.70. The van der Waals surface area contributed by atoms with E-state index in [1.54, 1.807) is 6.33 Å². The Morgan fingerprint density at radius 2 is 2.04 bits per heavy atom. The molecule has 0 radical (unpaired) electrons. The normalized spacial score (nSPS) is 22.2. The van der Waals surface area contributed by atoms with Crippen molar-refractivity contribution in [1.29, 1.82) is 0 Å². The fourth-order valence-electron chi connectivity index (χ4n) is 4.15. The van der Waals surface area contributed by atoms with Gasteiger partial charge < -0.3 is 4.90 Å². The SMILES string of the molecule is CN1CCCN(N(Cc2ccncn2)C2CCCc3cccnc32)CC1. The van der Waals surface area contributed by atoms with Crippen molar-refractivity contribution in [2.24, 2.45) is 0 Å². The van der Waals surface area contributed by atoms with E-state index in [-0.39, 0.29) is 0 Å². The van der Waals surface area contributed by atoms with E-state index in [1.165, 1.54) is 24.1 Å². The summed E-state index contributed by atoms with van der Waals surface area (Å²) in [6.07, 6.45) is 10.1. The Morgan fingerprint density at radius 3 is 2.92 bits per heavy atom. The Bertz CT molecular complexity index is 706. The number of aromatic nitrogens is 3. The van der Waals surface area contributed by atoms with Gasteiger partial charge in [0.15, 0.2) is 0 Å². The summed E-state index contributed by atoms with van der Waals surface area (Å²) < 4.78 is 0. The number of fused-ring (bicyclic) bond motifs is 1. The summed E-state index contributed by atoms with van der Waals surface area (Å²) >= 11 is 0. The molecule has 2 aliphatic rings. The second-order valence-corrected chi connectivity index (χ2v) is 7.36. The molecule has 0 aromatic carbocycles. The Morgan fingerprint density at radius 1 is 1.08 bits per heavy atom. The van der Waals surface area contributed by atoms with E-state index in [0.29, 0.717) is 6.04 Å². The van der Waals surface area contributed by atoms with Crippen molar-refractivity contribution in [3.63, 3.8) is 0 Å². The largest absolute Gasteiger partial charge is 0.305 e. The molecule has 3 heterocycles. The van der Waals surface area contributed by atoms with E-state index in [9.17, 15) is 0 Å². The van der Waals surface area contributed by atoms with E-state index >= 15 is 0 Å². The summed E-state index contributed by atoms with van der Waals surface area (Å²) in [6.45, 7) is 5.22. The molecule has 1 aliphatic heterocycles. The van der Waals surface area contributed by atoms with Crippen molar-refractivity contribution in [2.45, 2.75) is 38.3 Å². The zero-order valence-corrected chi connectivity index (χ0v) is 15.6. The fourth-order valence-corrected chi connectivity index (χ4v) is 4.15. The highest BCUT2D eigenvalue weighted by molar-refractivity contribution is 5.25. The molecule has 0 bridgehead atoms. The third-order valence-electron chi connectivity index (χ3n) is 5.55. The molecule has 138 valence electrons. The van der Waals surface area contributed by atoms with Crippen molar-refractivity contribution in [3.05, 3.63) is 53.9 Å². The molecule has 2 aromatic heterocycles. The van der Waals surface area contributed by atoms with Crippen molar-refractivity contribution in [3.8, 4) is 0 Å². The average molecular weight is 352 g/mol. The Labute approximate surface area is 155 Å². The molecule has 0 N–H and O–H groups in total. The predicted octanol–water partition coefficient (Wildman–Crippen LogP) is 2.30. The fraction of sp³-hybridized carbons (Fsp3) is 0.550. The highest BCUT2D eigenvalue weighted by atomic mass is 15.6. The lowest BCUT2D eigenvalue weighted by Gasteiger charge is -2.41. The quantitative estimate of drug-likeness (QED) is 0.842. The van der Waals surface area contributed by atoms with Crippen molar-refractivity contribution in [2.75, 3.05) is 33.2 Å². The Kier molecular flexibility index (Phi) is 5.53. The number of nitrogens with zero attached hydrogens (tertiary/aromatic N) is 6. The van der Waals surface area contributed by atoms with Crippen LogP contribution in [0, 0.1) is 0 Å². The van der Waals surface area contributed by atoms with E-state index in [1.807, 2.05) is 18.5 Å². The number of hydrazine groups is 1. The summed E-state index contributed by atoms with van der Waals surface area (Å²) in [6, 6.07) is 6.67. The average Bonchev–Trinajstić information content (AvgIpc) is 2.91. The summed E-state index contributed by atoms with van der Waals surface area (Å²) in [4.78, 5) is 15.8. The van der Waals surface area contributed by atoms with Crippen molar-refractivity contribution >= 4 is 0 Å². The molecule has 1 fully saturated rings. The lowest BCUT2D eigenvalue weighted by atomic mass is 9.91. The van der Waals surface area contributed by atoms with Crippen LogP contribution in [0.4, 0.5) is 0 Å². The first kappa shape index (κ1) is 17.5. The lowest BCUT2D eigenvalue weighted by Crippen LogP contribution is -2.47.